The van der Waals surface area contributed by atoms with Crippen LogP contribution in [0.1, 0.15) is 44.9 Å². The number of rotatable bonds is 3. The van der Waals surface area contributed by atoms with E-state index in [1.807, 2.05) is 0 Å². The quantitative estimate of drug-likeness (QED) is 0.551. The third-order valence-corrected chi connectivity index (χ3v) is 4.40. The first kappa shape index (κ1) is 12.2. The molecule has 1 saturated carbocycles. The van der Waals surface area contributed by atoms with Crippen molar-refractivity contribution in [2.24, 2.45) is 11.8 Å². The van der Waals surface area contributed by atoms with Crippen LogP contribution in [0.15, 0.2) is 0 Å². The van der Waals surface area contributed by atoms with Crippen LogP contribution in [0.4, 0.5) is 0 Å². The summed E-state index contributed by atoms with van der Waals surface area (Å²) in [7, 11) is 0. The Morgan fingerprint density at radius 2 is 1.81 bits per heavy atom. The highest BCUT2D eigenvalue weighted by molar-refractivity contribution is 6.18. The monoisotopic (exact) mass is 243 g/mol. The van der Waals surface area contributed by atoms with E-state index in [9.17, 15) is 4.79 Å². The number of amides is 1. The van der Waals surface area contributed by atoms with Crippen molar-refractivity contribution < 1.29 is 4.79 Å². The Kier molecular flexibility index (Phi) is 4.51. The summed E-state index contributed by atoms with van der Waals surface area (Å²) in [6, 6.07) is 0. The fourth-order valence-electron chi connectivity index (χ4n) is 2.99. The Labute approximate surface area is 103 Å². The summed E-state index contributed by atoms with van der Waals surface area (Å²) >= 11 is 5.83. The first-order valence-corrected chi connectivity index (χ1v) is 7.17. The van der Waals surface area contributed by atoms with Gasteiger partial charge < -0.3 is 4.90 Å². The van der Waals surface area contributed by atoms with Crippen molar-refractivity contribution >= 4 is 17.5 Å². The molecule has 2 fully saturated rings. The van der Waals surface area contributed by atoms with Crippen molar-refractivity contribution in [3.8, 4) is 0 Å². The first-order valence-electron chi connectivity index (χ1n) is 6.63. The molecule has 1 aliphatic carbocycles. The van der Waals surface area contributed by atoms with Gasteiger partial charge >= 0.3 is 0 Å². The van der Waals surface area contributed by atoms with Crippen LogP contribution in [0.5, 0.6) is 0 Å². The Morgan fingerprint density at radius 1 is 1.12 bits per heavy atom. The standard InChI is InChI=1S/C13H22ClNO/c14-8-12-7-13(16)15(10-12)9-11-5-3-1-2-4-6-11/h11-12H,1-10H2. The van der Waals surface area contributed by atoms with Gasteiger partial charge in [-0.2, -0.15) is 0 Å². The summed E-state index contributed by atoms with van der Waals surface area (Å²) in [4.78, 5) is 13.8. The molecule has 0 spiro atoms. The normalized spacial score (nSPS) is 28.4. The van der Waals surface area contributed by atoms with E-state index in [-0.39, 0.29) is 0 Å². The summed E-state index contributed by atoms with van der Waals surface area (Å²) in [5.74, 6) is 2.11. The van der Waals surface area contributed by atoms with Gasteiger partial charge in [0.05, 0.1) is 0 Å². The summed E-state index contributed by atoms with van der Waals surface area (Å²) in [5.41, 5.74) is 0. The van der Waals surface area contributed by atoms with Gasteiger partial charge in [-0.15, -0.1) is 11.6 Å². The minimum absolute atomic E-state index is 0.329. The zero-order valence-electron chi connectivity index (χ0n) is 9.96. The fraction of sp³-hybridized carbons (Fsp3) is 0.923. The maximum atomic E-state index is 11.8. The summed E-state index contributed by atoms with van der Waals surface area (Å²) in [6.45, 7) is 1.89. The number of hydrogen-bond donors (Lipinski definition) is 0. The van der Waals surface area contributed by atoms with E-state index in [0.717, 1.165) is 19.0 Å². The lowest BCUT2D eigenvalue weighted by atomic mass is 10.00. The second-order valence-corrected chi connectivity index (χ2v) is 5.69. The van der Waals surface area contributed by atoms with Crippen molar-refractivity contribution in [2.75, 3.05) is 19.0 Å². The van der Waals surface area contributed by atoms with Gasteiger partial charge in [-0.25, -0.2) is 0 Å². The molecular formula is C13H22ClNO. The highest BCUT2D eigenvalue weighted by Crippen LogP contribution is 2.26. The topological polar surface area (TPSA) is 20.3 Å². The zero-order chi connectivity index (χ0) is 11.4. The first-order chi connectivity index (χ1) is 7.79. The van der Waals surface area contributed by atoms with Gasteiger partial charge in [-0.1, -0.05) is 25.7 Å². The Balaban J connectivity index is 1.81. The van der Waals surface area contributed by atoms with Crippen LogP contribution in [0.3, 0.4) is 0 Å². The molecule has 1 aliphatic heterocycles. The van der Waals surface area contributed by atoms with E-state index in [0.29, 0.717) is 24.1 Å². The van der Waals surface area contributed by atoms with Crippen LogP contribution in [0.25, 0.3) is 0 Å². The van der Waals surface area contributed by atoms with Gasteiger partial charge in [0.1, 0.15) is 0 Å². The molecule has 0 aromatic rings. The van der Waals surface area contributed by atoms with Gasteiger partial charge in [0, 0.05) is 25.4 Å². The second-order valence-electron chi connectivity index (χ2n) is 5.38. The lowest BCUT2D eigenvalue weighted by Gasteiger charge is -2.22. The van der Waals surface area contributed by atoms with Crippen molar-refractivity contribution in [2.45, 2.75) is 44.9 Å². The third-order valence-electron chi connectivity index (χ3n) is 3.97. The number of carbonyl (C=O) groups excluding carboxylic acids is 1. The van der Waals surface area contributed by atoms with Crippen molar-refractivity contribution in [3.05, 3.63) is 0 Å². The molecular weight excluding hydrogens is 222 g/mol. The van der Waals surface area contributed by atoms with E-state index < -0.39 is 0 Å². The van der Waals surface area contributed by atoms with Crippen LogP contribution in [-0.4, -0.2) is 29.8 Å². The van der Waals surface area contributed by atoms with Gasteiger partial charge in [0.25, 0.3) is 0 Å². The summed E-state index contributed by atoms with van der Waals surface area (Å²) in [6.07, 6.45) is 8.78. The van der Waals surface area contributed by atoms with Crippen LogP contribution in [0, 0.1) is 11.8 Å². The SMILES string of the molecule is O=C1CC(CCl)CN1CC1CCCCCC1. The number of nitrogens with zero attached hydrogens (tertiary/aromatic N) is 1. The van der Waals surface area contributed by atoms with E-state index in [1.54, 1.807) is 0 Å². The van der Waals surface area contributed by atoms with Gasteiger partial charge in [0.15, 0.2) is 0 Å². The molecule has 0 radical (unpaired) electrons. The van der Waals surface area contributed by atoms with E-state index >= 15 is 0 Å². The number of alkyl halides is 1. The molecule has 2 aliphatic rings. The molecule has 0 bridgehead atoms. The van der Waals surface area contributed by atoms with Crippen LogP contribution < -0.4 is 0 Å². The number of hydrogen-bond acceptors (Lipinski definition) is 1. The molecule has 1 atom stereocenters. The molecule has 1 heterocycles. The van der Waals surface area contributed by atoms with Crippen LogP contribution in [-0.2, 0) is 4.79 Å². The predicted molar refractivity (Wildman–Crippen MR) is 66.6 cm³/mol. The molecule has 0 N–H and O–H groups in total. The van der Waals surface area contributed by atoms with Crippen LogP contribution in [0.2, 0.25) is 0 Å². The van der Waals surface area contributed by atoms with Gasteiger partial charge in [-0.05, 0) is 24.7 Å². The largest absolute Gasteiger partial charge is 0.342 e. The van der Waals surface area contributed by atoms with Gasteiger partial charge in [-0.3, -0.25) is 4.79 Å². The molecule has 3 heteroatoms. The average molecular weight is 244 g/mol. The minimum Gasteiger partial charge on any atom is -0.342 e. The lowest BCUT2D eigenvalue weighted by molar-refractivity contribution is -0.128. The zero-order valence-corrected chi connectivity index (χ0v) is 10.7. The van der Waals surface area contributed by atoms with E-state index in [4.69, 9.17) is 11.6 Å². The number of likely N-dealkylation sites (tertiary alicyclic amines) is 1. The number of carbonyl (C=O) groups is 1. The second kappa shape index (κ2) is 5.90. The van der Waals surface area contributed by atoms with Crippen LogP contribution >= 0.6 is 11.6 Å². The van der Waals surface area contributed by atoms with Gasteiger partial charge in [0.2, 0.25) is 5.91 Å². The van der Waals surface area contributed by atoms with Crippen molar-refractivity contribution in [1.82, 2.24) is 4.90 Å². The molecule has 16 heavy (non-hydrogen) atoms. The van der Waals surface area contributed by atoms with Crippen molar-refractivity contribution in [1.29, 1.82) is 0 Å². The highest BCUT2D eigenvalue weighted by Gasteiger charge is 2.30. The molecule has 1 amide bonds. The summed E-state index contributed by atoms with van der Waals surface area (Å²) < 4.78 is 0. The molecule has 1 saturated heterocycles. The molecule has 0 aromatic heterocycles. The fourth-order valence-corrected chi connectivity index (χ4v) is 3.20. The molecule has 92 valence electrons. The Hall–Kier alpha value is -0.240. The predicted octanol–water partition coefficient (Wildman–Crippen LogP) is 3.04. The van der Waals surface area contributed by atoms with Crippen molar-refractivity contribution in [3.63, 3.8) is 0 Å². The average Bonchev–Trinajstić information content (AvgIpc) is 2.51. The Bertz CT molecular complexity index is 236. The lowest BCUT2D eigenvalue weighted by Crippen LogP contribution is -2.31. The highest BCUT2D eigenvalue weighted by atomic mass is 35.5. The minimum atomic E-state index is 0.329. The van der Waals surface area contributed by atoms with E-state index in [2.05, 4.69) is 4.90 Å². The maximum absolute atomic E-state index is 11.8. The Morgan fingerprint density at radius 3 is 2.38 bits per heavy atom. The third kappa shape index (κ3) is 3.13. The number of halogens is 1. The molecule has 1 unspecified atom stereocenters. The van der Waals surface area contributed by atoms with E-state index in [1.165, 1.54) is 38.5 Å². The molecule has 2 nitrogen and oxygen atoms in total. The summed E-state index contributed by atoms with van der Waals surface area (Å²) in [5, 5.41) is 0. The molecule has 0 aromatic carbocycles. The maximum Gasteiger partial charge on any atom is 0.222 e. The molecule has 2 rings (SSSR count). The smallest absolute Gasteiger partial charge is 0.222 e.